The minimum atomic E-state index is -0.407. The summed E-state index contributed by atoms with van der Waals surface area (Å²) < 4.78 is 66.4. The largest absolute Gasteiger partial charge is 0.355 e. The van der Waals surface area contributed by atoms with Gasteiger partial charge in [0.2, 0.25) is 0 Å². The van der Waals surface area contributed by atoms with E-state index in [-0.39, 0.29) is 22.6 Å². The molecule has 4 saturated heterocycles. The Morgan fingerprint density at radius 2 is 0.598 bits per heavy atom. The Morgan fingerprint density at radius 3 is 0.880 bits per heavy atom. The van der Waals surface area contributed by atoms with Crippen LogP contribution < -0.4 is 25.8 Å². The van der Waals surface area contributed by atoms with Crippen molar-refractivity contribution in [3.8, 4) is 45.0 Å². The third kappa shape index (κ3) is 13.6. The molecule has 4 aromatic carbocycles. The fraction of sp³-hybridized carbons (Fsp3) is 0.356. The zero-order valence-electron chi connectivity index (χ0n) is 66.4. The third-order valence-electron chi connectivity index (χ3n) is 25.6. The molecule has 4 aliphatic heterocycles. The number of nitrogens with zero attached hydrogens (tertiary/aromatic N) is 23. The maximum atomic E-state index is 15.0. The quantitative estimate of drug-likeness (QED) is 0.140. The molecule has 0 spiro atoms. The van der Waals surface area contributed by atoms with Crippen molar-refractivity contribution in [1.29, 1.82) is 0 Å². The van der Waals surface area contributed by atoms with Crippen molar-refractivity contribution in [3.05, 3.63) is 195 Å². The Labute approximate surface area is 674 Å². The van der Waals surface area contributed by atoms with Gasteiger partial charge in [-0.05, 0) is 253 Å². The van der Waals surface area contributed by atoms with E-state index < -0.39 is 5.82 Å². The summed E-state index contributed by atoms with van der Waals surface area (Å²) in [6.45, 7) is 30.9. The molecule has 16 aromatic rings. The van der Waals surface area contributed by atoms with Crippen LogP contribution in [-0.2, 0) is 0 Å². The van der Waals surface area contributed by atoms with Crippen molar-refractivity contribution in [1.82, 2.24) is 104 Å². The van der Waals surface area contributed by atoms with Gasteiger partial charge < -0.3 is 25.8 Å². The number of hydrogen-bond donors (Lipinski definition) is 2. The average Bonchev–Trinajstić information content (AvgIpc) is 1.60. The number of nitrogens with two attached hydrogens (primary N) is 1. The van der Waals surface area contributed by atoms with E-state index in [0.29, 0.717) is 112 Å². The van der Waals surface area contributed by atoms with Gasteiger partial charge in [0.25, 0.3) is 0 Å². The van der Waals surface area contributed by atoms with E-state index in [2.05, 4.69) is 122 Å². The minimum absolute atomic E-state index is 0.161. The Balaban J connectivity index is 0.0000000977. The Kier molecular flexibility index (Phi) is 17.8. The van der Waals surface area contributed by atoms with Gasteiger partial charge in [-0.25, -0.2) is 55.6 Å². The van der Waals surface area contributed by atoms with E-state index in [9.17, 15) is 4.39 Å². The van der Waals surface area contributed by atoms with Crippen molar-refractivity contribution >= 4 is 95.3 Å². The number of benzene rings is 4. The molecule has 0 radical (unpaired) electrons. The summed E-state index contributed by atoms with van der Waals surface area (Å²) in [6, 6.07) is 28.2. The van der Waals surface area contributed by atoms with E-state index in [1.165, 1.54) is 43.4 Å². The first-order chi connectivity index (χ1) is 56.3. The summed E-state index contributed by atoms with van der Waals surface area (Å²) in [5, 5.41) is 57.5. The van der Waals surface area contributed by atoms with Crippen LogP contribution in [0.1, 0.15) is 65.8 Å². The van der Waals surface area contributed by atoms with Gasteiger partial charge in [0.1, 0.15) is 23.3 Å². The van der Waals surface area contributed by atoms with Crippen LogP contribution in [0.4, 0.5) is 35.0 Å². The highest BCUT2D eigenvalue weighted by atomic mass is 35.5. The van der Waals surface area contributed by atoms with Crippen LogP contribution in [0, 0.1) is 144 Å². The molecule has 4 unspecified atom stereocenters. The number of fused-ring (bicyclic) bond motifs is 12. The molecular weight excluding hydrogens is 1510 g/mol. The van der Waals surface area contributed by atoms with Crippen molar-refractivity contribution in [2.75, 3.05) is 67.1 Å². The second-order valence-electron chi connectivity index (χ2n) is 33.6. The van der Waals surface area contributed by atoms with Crippen molar-refractivity contribution < 1.29 is 17.6 Å². The molecule has 12 aromatic heterocycles. The number of piperidine rings is 4. The minimum Gasteiger partial charge on any atom is -0.355 e. The Bertz CT molecular complexity index is 6240. The number of aryl methyl sites for hydroxylation is 8. The van der Waals surface area contributed by atoms with Crippen LogP contribution in [0.3, 0.4) is 0 Å². The molecule has 24 rings (SSSR count). The average molecular weight is 1590 g/mol. The van der Waals surface area contributed by atoms with E-state index in [4.69, 9.17) is 17.3 Å². The first-order valence-electron chi connectivity index (χ1n) is 39.9. The standard InChI is InChI=1S/2C22H21FN6.C21H20FN7.C16H11ClFN5.C6H11N/c2*1-11-4-19(27-29-8-12(2)24-22(11)29)14-5-18(23)15-7-21(26-25-20(15)6-14)28-9-16-13(3)17(16)10-28;1-10-3-17(27-29-7-11(2)24-21(10)29)12-4-16(22)13-6-19(26-25-18(13)5-12)28-8-14-15(9-28)20(14)23;1-8-3-13(22-23-7-9(2)19-16(8)23)10-4-12(18)11-6-15(17)21-20-14(11)5-10;1-4-5-2-7-3-6(4)5/h2*4-8,13,16-17H,9-10H2,1-3H3;3-7,14-15,20H,8-9,23H2,1-2H3;3-7H,1-2H3;4-7H,2-3H2,1H3/t2*13?,16-,17+;14-,15+,20?;;4?,5-,6+. The van der Waals surface area contributed by atoms with E-state index in [0.717, 1.165) is 172 Å². The topological polar surface area (TPSA) is 272 Å². The molecule has 4 saturated carbocycles. The maximum absolute atomic E-state index is 15.0. The molecule has 30 heteroatoms. The lowest BCUT2D eigenvalue weighted by atomic mass is 10.1. The highest BCUT2D eigenvalue weighted by Crippen LogP contribution is 2.54. The predicted molar refractivity (Wildman–Crippen MR) is 442 cm³/mol. The normalized spacial score (nSPS) is 22.9. The van der Waals surface area contributed by atoms with Gasteiger partial charge in [-0.15, -0.1) is 40.8 Å². The van der Waals surface area contributed by atoms with Crippen molar-refractivity contribution in [3.63, 3.8) is 0 Å². The first kappa shape index (κ1) is 73.9. The molecule has 16 heterocycles. The van der Waals surface area contributed by atoms with E-state index in [1.807, 2.05) is 135 Å². The zero-order chi connectivity index (χ0) is 80.6. The number of halogens is 5. The van der Waals surface area contributed by atoms with Gasteiger partial charge in [-0.3, -0.25) is 0 Å². The summed E-state index contributed by atoms with van der Waals surface area (Å²) in [5.74, 6) is 9.87. The van der Waals surface area contributed by atoms with Crippen LogP contribution in [0.15, 0.2) is 122 Å². The van der Waals surface area contributed by atoms with Gasteiger partial charge >= 0.3 is 0 Å². The highest BCUT2D eigenvalue weighted by Gasteiger charge is 2.55. The predicted octanol–water partition coefficient (Wildman–Crippen LogP) is 14.3. The fourth-order valence-corrected chi connectivity index (χ4v) is 18.6. The van der Waals surface area contributed by atoms with Crippen LogP contribution in [0.25, 0.3) is 111 Å². The van der Waals surface area contributed by atoms with Crippen LogP contribution in [0.2, 0.25) is 5.15 Å². The van der Waals surface area contributed by atoms with Gasteiger partial charge in [-0.1, -0.05) is 32.4 Å². The summed E-state index contributed by atoms with van der Waals surface area (Å²) >= 11 is 5.77. The number of aromatic nitrogens is 20. The first-order valence-corrected chi connectivity index (χ1v) is 40.3. The smallest absolute Gasteiger partial charge is 0.156 e. The summed E-state index contributed by atoms with van der Waals surface area (Å²) in [5.41, 5.74) is 24.1. The molecular formula is C87H84ClF4N25. The lowest BCUT2D eigenvalue weighted by molar-refractivity contribution is 0.634. The van der Waals surface area contributed by atoms with Crippen LogP contribution >= 0.6 is 11.6 Å². The molecule has 117 heavy (non-hydrogen) atoms. The Hall–Kier alpha value is -12.0. The fourth-order valence-electron chi connectivity index (χ4n) is 18.5. The monoisotopic (exact) mass is 1590 g/mol. The van der Waals surface area contributed by atoms with Gasteiger partial charge in [0, 0.05) is 89.1 Å². The van der Waals surface area contributed by atoms with Crippen LogP contribution in [0.5, 0.6) is 0 Å². The van der Waals surface area contributed by atoms with E-state index >= 15 is 13.2 Å². The maximum Gasteiger partial charge on any atom is 0.156 e. The number of nitrogens with one attached hydrogen (secondary N) is 1. The van der Waals surface area contributed by atoms with Crippen molar-refractivity contribution in [2.24, 2.45) is 70.8 Å². The molecule has 8 fully saturated rings. The molecule has 25 nitrogen and oxygen atoms in total. The molecule has 0 amide bonds. The Morgan fingerprint density at radius 1 is 0.333 bits per heavy atom. The van der Waals surface area contributed by atoms with Gasteiger partial charge in [0.15, 0.2) is 45.2 Å². The second kappa shape index (κ2) is 28.2. The SMILES string of the molecule is CC1[C@H]2CNC[C@@H]12.Cc1cn2nc(-c3cc(F)c4cc(Cl)nnc4c3)cc(C)c2n1.Cc1cn2nc(-c3cc(F)c4cc(N5C[C@@H]6C(C)[C@@H]6C5)nnc4c3)cc(C)c2n1.Cc1cn2nc(-c3cc(F)c4cc(N5C[C@@H]6C(C)[C@@H]6C5)nnc4c3)cc(C)c2n1.Cc1cn2nc(-c3cc(F)c4cc(N5C[C@@H]6C(N)[C@@H]6C5)nnc4c3)cc(C)c2n1. The lowest BCUT2D eigenvalue weighted by Crippen LogP contribution is -2.28. The molecule has 8 aliphatic rings. The molecule has 0 bridgehead atoms. The molecule has 3 N–H and O–H groups in total. The number of rotatable bonds is 7. The summed E-state index contributed by atoms with van der Waals surface area (Å²) in [6.07, 6.45) is 7.44. The number of hydrogen-bond acceptors (Lipinski definition) is 21. The number of anilines is 3. The molecule has 4 aliphatic carbocycles. The highest BCUT2D eigenvalue weighted by molar-refractivity contribution is 6.29. The van der Waals surface area contributed by atoms with Gasteiger partial charge in [-0.2, -0.15) is 20.4 Å². The summed E-state index contributed by atoms with van der Waals surface area (Å²) in [4.78, 5) is 24.4. The zero-order valence-corrected chi connectivity index (χ0v) is 67.1. The second-order valence-corrected chi connectivity index (χ2v) is 34.0. The molecule has 592 valence electrons. The van der Waals surface area contributed by atoms with E-state index in [1.54, 1.807) is 30.2 Å². The van der Waals surface area contributed by atoms with Crippen molar-refractivity contribution in [2.45, 2.75) is 82.2 Å². The van der Waals surface area contributed by atoms with Gasteiger partial charge in [0.05, 0.1) is 92.4 Å². The third-order valence-corrected chi connectivity index (χ3v) is 25.8. The van der Waals surface area contributed by atoms with Crippen LogP contribution in [-0.4, -0.2) is 158 Å². The lowest BCUT2D eigenvalue weighted by Gasteiger charge is -2.19. The number of imidazole rings is 4. The summed E-state index contributed by atoms with van der Waals surface area (Å²) in [7, 11) is 0. The molecule has 12 atom stereocenters.